The number of hydrogen-bond donors (Lipinski definition) is 1. The highest BCUT2D eigenvalue weighted by Gasteiger charge is 2.37. The third kappa shape index (κ3) is 4.68. The molecule has 3 aliphatic heterocycles. The maximum Gasteiger partial charge on any atom is 0.416 e. The number of carbonyl (C=O) groups is 3. The summed E-state index contributed by atoms with van der Waals surface area (Å²) in [5, 5.41) is 4.89. The maximum absolute atomic E-state index is 12.8. The van der Waals surface area contributed by atoms with Crippen LogP contribution in [-0.4, -0.2) is 65.5 Å². The first-order valence-electron chi connectivity index (χ1n) is 11.4. The Morgan fingerprint density at radius 3 is 2.23 bits per heavy atom. The fraction of sp³-hybridized carbons (Fsp3) is 0.375. The summed E-state index contributed by atoms with van der Waals surface area (Å²) in [6.45, 7) is 4.03. The molecule has 0 aliphatic carbocycles. The number of rotatable bonds is 4. The van der Waals surface area contributed by atoms with E-state index in [4.69, 9.17) is 0 Å². The Morgan fingerprint density at radius 1 is 0.857 bits per heavy atom. The van der Waals surface area contributed by atoms with Crippen molar-refractivity contribution in [3.63, 3.8) is 0 Å². The molecule has 4 amide bonds. The quantitative estimate of drug-likeness (QED) is 0.718. The normalized spacial score (nSPS) is 19.3. The number of hydrazine groups is 1. The van der Waals surface area contributed by atoms with Crippen LogP contribution in [0.1, 0.15) is 33.5 Å². The maximum atomic E-state index is 12.8. The lowest BCUT2D eigenvalue weighted by atomic mass is 10.1. The fourth-order valence-electron chi connectivity index (χ4n) is 4.72. The van der Waals surface area contributed by atoms with E-state index in [-0.39, 0.29) is 31.3 Å². The van der Waals surface area contributed by atoms with E-state index in [9.17, 15) is 27.6 Å². The van der Waals surface area contributed by atoms with Crippen LogP contribution < -0.4 is 10.2 Å². The molecule has 0 aromatic heterocycles. The molecular formula is C24H24F3N5O3. The van der Waals surface area contributed by atoms with Gasteiger partial charge in [0, 0.05) is 50.4 Å². The minimum absolute atomic E-state index is 0.148. The van der Waals surface area contributed by atoms with Gasteiger partial charge in [-0.15, -0.1) is 0 Å². The van der Waals surface area contributed by atoms with Gasteiger partial charge < -0.3 is 4.90 Å². The zero-order valence-electron chi connectivity index (χ0n) is 18.8. The van der Waals surface area contributed by atoms with Gasteiger partial charge in [-0.05, 0) is 41.5 Å². The number of benzene rings is 2. The van der Waals surface area contributed by atoms with Gasteiger partial charge in [0.05, 0.1) is 18.7 Å². The van der Waals surface area contributed by atoms with E-state index in [1.54, 1.807) is 6.07 Å². The molecule has 0 atom stereocenters. The minimum Gasteiger partial charge on any atom is -0.369 e. The van der Waals surface area contributed by atoms with Crippen molar-refractivity contribution in [3.8, 4) is 0 Å². The van der Waals surface area contributed by atoms with Crippen molar-refractivity contribution in [2.75, 3.05) is 37.6 Å². The van der Waals surface area contributed by atoms with Crippen LogP contribution in [0.5, 0.6) is 0 Å². The van der Waals surface area contributed by atoms with Gasteiger partial charge in [-0.3, -0.25) is 19.8 Å². The third-order valence-corrected chi connectivity index (χ3v) is 6.62. The van der Waals surface area contributed by atoms with Crippen LogP contribution >= 0.6 is 0 Å². The summed E-state index contributed by atoms with van der Waals surface area (Å²) < 4.78 is 38.4. The molecule has 0 unspecified atom stereocenters. The second-order valence-electron chi connectivity index (χ2n) is 8.89. The number of urea groups is 1. The average Bonchev–Trinajstić information content (AvgIpc) is 3.14. The van der Waals surface area contributed by atoms with Crippen molar-refractivity contribution in [3.05, 3.63) is 64.7 Å². The largest absolute Gasteiger partial charge is 0.416 e. The average molecular weight is 487 g/mol. The molecule has 3 aliphatic rings. The van der Waals surface area contributed by atoms with E-state index in [1.165, 1.54) is 22.2 Å². The monoisotopic (exact) mass is 487 g/mol. The lowest BCUT2D eigenvalue weighted by molar-refractivity contribution is -0.137. The highest BCUT2D eigenvalue weighted by molar-refractivity contribution is 6.01. The number of halogens is 3. The van der Waals surface area contributed by atoms with Crippen molar-refractivity contribution >= 4 is 23.5 Å². The van der Waals surface area contributed by atoms with Gasteiger partial charge >= 0.3 is 12.2 Å². The lowest BCUT2D eigenvalue weighted by Gasteiger charge is -2.36. The predicted octanol–water partition coefficient (Wildman–Crippen LogP) is 2.84. The zero-order valence-corrected chi connectivity index (χ0v) is 18.8. The van der Waals surface area contributed by atoms with Gasteiger partial charge in [0.1, 0.15) is 0 Å². The number of carbonyl (C=O) groups excluding carboxylic acids is 3. The van der Waals surface area contributed by atoms with Crippen LogP contribution in [0.2, 0.25) is 0 Å². The Morgan fingerprint density at radius 2 is 1.57 bits per heavy atom. The van der Waals surface area contributed by atoms with Gasteiger partial charge in [0.25, 0.3) is 5.91 Å². The first-order valence-corrected chi connectivity index (χ1v) is 11.4. The van der Waals surface area contributed by atoms with Crippen LogP contribution in [0, 0.1) is 0 Å². The second kappa shape index (κ2) is 8.88. The molecule has 0 spiro atoms. The van der Waals surface area contributed by atoms with Gasteiger partial charge in [-0.25, -0.2) is 14.8 Å². The SMILES string of the molecule is O=C1CCN(N2Cc3cc(CN4CCN(c5ccc(C(F)(F)F)cc5)CC4)ccc3C2=O)C(=O)N1. The van der Waals surface area contributed by atoms with E-state index in [0.29, 0.717) is 25.2 Å². The molecule has 11 heteroatoms. The van der Waals surface area contributed by atoms with Crippen LogP contribution in [0.4, 0.5) is 23.7 Å². The van der Waals surface area contributed by atoms with E-state index in [1.807, 2.05) is 12.1 Å². The first kappa shape index (κ1) is 23.2. The number of piperazine rings is 1. The van der Waals surface area contributed by atoms with Gasteiger partial charge in [-0.2, -0.15) is 13.2 Å². The second-order valence-corrected chi connectivity index (χ2v) is 8.89. The summed E-state index contributed by atoms with van der Waals surface area (Å²) in [6, 6.07) is 10.3. The summed E-state index contributed by atoms with van der Waals surface area (Å²) in [5.74, 6) is -0.614. The standard InChI is InChI=1S/C24H24F3N5O3/c25-24(26,27)18-2-4-19(5-3-18)30-11-9-29(10-12-30)14-16-1-6-20-17(13-16)15-32(22(20)34)31-8-7-21(33)28-23(31)35/h1-6,13H,7-12,14-15H2,(H,28,33,35). The number of alkyl halides is 3. The summed E-state index contributed by atoms with van der Waals surface area (Å²) in [5.41, 5.74) is 2.55. The summed E-state index contributed by atoms with van der Waals surface area (Å²) in [4.78, 5) is 40.7. The zero-order chi connectivity index (χ0) is 24.7. The smallest absolute Gasteiger partial charge is 0.369 e. The number of amides is 4. The molecule has 2 aromatic carbocycles. The fourth-order valence-corrected chi connectivity index (χ4v) is 4.72. The molecule has 0 bridgehead atoms. The van der Waals surface area contributed by atoms with Crippen molar-refractivity contribution in [2.45, 2.75) is 25.7 Å². The van der Waals surface area contributed by atoms with E-state index < -0.39 is 17.8 Å². The molecule has 0 saturated carbocycles. The predicted molar refractivity (Wildman–Crippen MR) is 120 cm³/mol. The number of nitrogens with one attached hydrogen (secondary N) is 1. The molecule has 2 aromatic rings. The van der Waals surface area contributed by atoms with E-state index in [2.05, 4.69) is 15.1 Å². The van der Waals surface area contributed by atoms with Crippen LogP contribution in [0.15, 0.2) is 42.5 Å². The Balaban J connectivity index is 1.18. The van der Waals surface area contributed by atoms with Crippen molar-refractivity contribution < 1.29 is 27.6 Å². The summed E-state index contributed by atoms with van der Waals surface area (Å²) in [6.07, 6.45) is -4.19. The summed E-state index contributed by atoms with van der Waals surface area (Å²) >= 11 is 0. The van der Waals surface area contributed by atoms with Crippen molar-refractivity contribution in [1.29, 1.82) is 0 Å². The highest BCUT2D eigenvalue weighted by atomic mass is 19.4. The molecule has 2 fully saturated rings. The number of hydrogen-bond acceptors (Lipinski definition) is 5. The molecule has 1 N–H and O–H groups in total. The molecule has 5 rings (SSSR count). The van der Waals surface area contributed by atoms with E-state index >= 15 is 0 Å². The molecule has 0 radical (unpaired) electrons. The van der Waals surface area contributed by atoms with Gasteiger partial charge in [-0.1, -0.05) is 12.1 Å². The van der Waals surface area contributed by atoms with E-state index in [0.717, 1.165) is 42.0 Å². The van der Waals surface area contributed by atoms with Gasteiger partial charge in [0.15, 0.2) is 0 Å². The van der Waals surface area contributed by atoms with Crippen LogP contribution in [0.3, 0.4) is 0 Å². The third-order valence-electron chi connectivity index (χ3n) is 6.62. The lowest BCUT2D eigenvalue weighted by Crippen LogP contribution is -2.56. The number of imide groups is 1. The van der Waals surface area contributed by atoms with Gasteiger partial charge in [0.2, 0.25) is 5.91 Å². The molecule has 2 saturated heterocycles. The first-order chi connectivity index (χ1) is 16.7. The molecule has 35 heavy (non-hydrogen) atoms. The number of fused-ring (bicyclic) bond motifs is 1. The number of nitrogens with zero attached hydrogens (tertiary/aromatic N) is 4. The molecule has 3 heterocycles. The Hall–Kier alpha value is -3.60. The van der Waals surface area contributed by atoms with Crippen molar-refractivity contribution in [1.82, 2.24) is 20.2 Å². The highest BCUT2D eigenvalue weighted by Crippen LogP contribution is 2.31. The molecule has 184 valence electrons. The Bertz CT molecular complexity index is 1160. The summed E-state index contributed by atoms with van der Waals surface area (Å²) in [7, 11) is 0. The Kier molecular flexibility index (Phi) is 5.87. The van der Waals surface area contributed by atoms with Crippen molar-refractivity contribution in [2.24, 2.45) is 0 Å². The van der Waals surface area contributed by atoms with Crippen LogP contribution in [-0.2, 0) is 24.1 Å². The number of anilines is 1. The van der Waals surface area contributed by atoms with Crippen LogP contribution in [0.25, 0.3) is 0 Å². The topological polar surface area (TPSA) is 76.2 Å². The minimum atomic E-state index is -4.34. The molecular weight excluding hydrogens is 463 g/mol. The Labute approximate surface area is 199 Å². The molecule has 8 nitrogen and oxygen atoms in total.